The summed E-state index contributed by atoms with van der Waals surface area (Å²) in [6.07, 6.45) is 1.16. The molecule has 5 heteroatoms. The highest BCUT2D eigenvalue weighted by atomic mass is 32.2. The molecule has 2 rings (SSSR count). The van der Waals surface area contributed by atoms with Gasteiger partial charge in [-0.3, -0.25) is 0 Å². The molecule has 0 spiro atoms. The molecule has 0 aliphatic heterocycles. The molecule has 1 N–H and O–H groups in total. The summed E-state index contributed by atoms with van der Waals surface area (Å²) in [5.74, 6) is 0. The molecule has 3 nitrogen and oxygen atoms in total. The number of hydrogen-bond donors (Lipinski definition) is 1. The Kier molecular flexibility index (Phi) is 3.61. The van der Waals surface area contributed by atoms with Crippen LogP contribution < -0.4 is 4.72 Å². The second-order valence-electron chi connectivity index (χ2n) is 3.71. The first-order chi connectivity index (χ1) is 8.04. The zero-order chi connectivity index (χ0) is 12.3. The number of rotatable bonds is 4. The van der Waals surface area contributed by atoms with Gasteiger partial charge in [0.1, 0.15) is 0 Å². The molecular weight excluding hydrogens is 254 g/mol. The van der Waals surface area contributed by atoms with E-state index in [4.69, 9.17) is 0 Å². The van der Waals surface area contributed by atoms with Crippen LogP contribution in [0.1, 0.15) is 5.56 Å². The average molecular weight is 266 g/mol. The lowest BCUT2D eigenvalue weighted by Gasteiger charge is -2.04. The van der Waals surface area contributed by atoms with Crippen molar-refractivity contribution in [2.75, 3.05) is 6.26 Å². The van der Waals surface area contributed by atoms with Crippen molar-refractivity contribution in [3.8, 4) is 10.4 Å². The standard InChI is InChI=1S/C12H12NO2S2/c1-17(14,15)13-9-10-4-2-5-11(8-10)12-6-3-7-16-12/h2-6,8,13H,9H2,1H3. The van der Waals surface area contributed by atoms with Crippen LogP contribution in [0, 0.1) is 5.38 Å². The summed E-state index contributed by atoms with van der Waals surface area (Å²) in [4.78, 5) is 1.13. The fourth-order valence-electron chi connectivity index (χ4n) is 1.45. The molecule has 0 saturated heterocycles. The summed E-state index contributed by atoms with van der Waals surface area (Å²) in [5, 5.41) is 3.03. The molecule has 0 bridgehead atoms. The zero-order valence-electron chi connectivity index (χ0n) is 9.30. The maximum absolute atomic E-state index is 11.0. The monoisotopic (exact) mass is 266 g/mol. The third-order valence-electron chi connectivity index (χ3n) is 2.22. The van der Waals surface area contributed by atoms with Gasteiger partial charge in [0.2, 0.25) is 10.0 Å². The number of hydrogen-bond acceptors (Lipinski definition) is 3. The minimum Gasteiger partial charge on any atom is -0.213 e. The zero-order valence-corrected chi connectivity index (χ0v) is 10.9. The predicted molar refractivity (Wildman–Crippen MR) is 70.3 cm³/mol. The number of thiophene rings is 1. The summed E-state index contributed by atoms with van der Waals surface area (Å²) >= 11 is 1.54. The highest BCUT2D eigenvalue weighted by Crippen LogP contribution is 2.24. The van der Waals surface area contributed by atoms with E-state index in [1.54, 1.807) is 11.3 Å². The van der Waals surface area contributed by atoms with Gasteiger partial charge < -0.3 is 0 Å². The normalized spacial score (nSPS) is 11.6. The molecule has 0 saturated carbocycles. The Morgan fingerprint density at radius 3 is 2.82 bits per heavy atom. The van der Waals surface area contributed by atoms with Crippen molar-refractivity contribution in [1.29, 1.82) is 0 Å². The van der Waals surface area contributed by atoms with Crippen LogP contribution in [-0.2, 0) is 16.6 Å². The Morgan fingerprint density at radius 1 is 1.35 bits per heavy atom. The highest BCUT2D eigenvalue weighted by Gasteiger charge is 2.03. The highest BCUT2D eigenvalue weighted by molar-refractivity contribution is 7.88. The van der Waals surface area contributed by atoms with E-state index in [9.17, 15) is 8.42 Å². The van der Waals surface area contributed by atoms with Gasteiger partial charge in [0, 0.05) is 16.8 Å². The molecule has 0 aliphatic carbocycles. The molecule has 89 valence electrons. The maximum Gasteiger partial charge on any atom is 0.209 e. The molecule has 1 radical (unpaired) electrons. The Bertz CT molecular complexity index is 589. The van der Waals surface area contributed by atoms with Crippen molar-refractivity contribution in [1.82, 2.24) is 4.72 Å². The first-order valence-electron chi connectivity index (χ1n) is 5.04. The first kappa shape index (κ1) is 12.3. The van der Waals surface area contributed by atoms with Gasteiger partial charge in [-0.15, -0.1) is 11.3 Å². The molecule has 0 atom stereocenters. The molecule has 0 amide bonds. The van der Waals surface area contributed by atoms with Crippen LogP contribution >= 0.6 is 11.3 Å². The third kappa shape index (κ3) is 3.66. The smallest absolute Gasteiger partial charge is 0.209 e. The van der Waals surface area contributed by atoms with Crippen LogP contribution in [0.15, 0.2) is 36.4 Å². The Balaban J connectivity index is 2.18. The van der Waals surface area contributed by atoms with Gasteiger partial charge >= 0.3 is 0 Å². The van der Waals surface area contributed by atoms with E-state index >= 15 is 0 Å². The summed E-state index contributed by atoms with van der Waals surface area (Å²) in [6.45, 7) is 0.321. The van der Waals surface area contributed by atoms with Gasteiger partial charge in [0.25, 0.3) is 0 Å². The summed E-state index contributed by atoms with van der Waals surface area (Å²) in [7, 11) is -3.14. The van der Waals surface area contributed by atoms with E-state index in [2.05, 4.69) is 10.1 Å². The number of nitrogens with one attached hydrogen (secondary N) is 1. The lowest BCUT2D eigenvalue weighted by atomic mass is 10.1. The second kappa shape index (κ2) is 5.00. The van der Waals surface area contributed by atoms with Crippen LogP contribution in [0.3, 0.4) is 0 Å². The van der Waals surface area contributed by atoms with Gasteiger partial charge in [-0.25, -0.2) is 13.1 Å². The van der Waals surface area contributed by atoms with Gasteiger partial charge in [0.15, 0.2) is 0 Å². The Labute approximate surface area is 105 Å². The van der Waals surface area contributed by atoms with Crippen molar-refractivity contribution in [2.24, 2.45) is 0 Å². The van der Waals surface area contributed by atoms with E-state index in [0.29, 0.717) is 6.54 Å². The number of sulfonamides is 1. The topological polar surface area (TPSA) is 46.2 Å². The van der Waals surface area contributed by atoms with Crippen molar-refractivity contribution in [2.45, 2.75) is 6.54 Å². The van der Waals surface area contributed by atoms with Crippen molar-refractivity contribution < 1.29 is 8.42 Å². The van der Waals surface area contributed by atoms with E-state index in [-0.39, 0.29) is 0 Å². The molecule has 2 aromatic rings. The average Bonchev–Trinajstić information content (AvgIpc) is 2.79. The molecule has 1 aromatic heterocycles. The van der Waals surface area contributed by atoms with Crippen LogP contribution in [0.4, 0.5) is 0 Å². The molecule has 0 aliphatic rings. The fraction of sp³-hybridized carbons (Fsp3) is 0.167. The quantitative estimate of drug-likeness (QED) is 0.922. The van der Waals surface area contributed by atoms with Gasteiger partial charge in [-0.05, 0) is 29.3 Å². The van der Waals surface area contributed by atoms with Crippen LogP contribution in [0.25, 0.3) is 10.4 Å². The largest absolute Gasteiger partial charge is 0.213 e. The predicted octanol–water partition coefficient (Wildman–Crippen LogP) is 2.26. The fourth-order valence-corrected chi connectivity index (χ4v) is 2.52. The molecule has 0 fully saturated rings. The van der Waals surface area contributed by atoms with Gasteiger partial charge in [-0.2, -0.15) is 0 Å². The van der Waals surface area contributed by atoms with Gasteiger partial charge in [0.05, 0.1) is 6.26 Å². The molecule has 1 aromatic carbocycles. The summed E-state index contributed by atoms with van der Waals surface area (Å²) in [6, 6.07) is 11.7. The van der Waals surface area contributed by atoms with E-state index in [1.165, 1.54) is 0 Å². The van der Waals surface area contributed by atoms with E-state index in [0.717, 1.165) is 22.3 Å². The minimum absolute atomic E-state index is 0.321. The van der Waals surface area contributed by atoms with Crippen molar-refractivity contribution >= 4 is 21.4 Å². The SMILES string of the molecule is CS(=O)(=O)NCc1cccc(-c2cc[c]s2)c1. The van der Waals surface area contributed by atoms with Crippen LogP contribution in [0.5, 0.6) is 0 Å². The van der Waals surface area contributed by atoms with Crippen LogP contribution in [-0.4, -0.2) is 14.7 Å². The number of benzene rings is 1. The van der Waals surface area contributed by atoms with E-state index < -0.39 is 10.0 Å². The third-order valence-corrected chi connectivity index (χ3v) is 3.74. The Morgan fingerprint density at radius 2 is 2.18 bits per heavy atom. The second-order valence-corrected chi connectivity index (χ2v) is 6.42. The summed E-state index contributed by atoms with van der Waals surface area (Å²) in [5.41, 5.74) is 2.03. The van der Waals surface area contributed by atoms with Gasteiger partial charge in [-0.1, -0.05) is 18.2 Å². The molecular formula is C12H12NO2S2. The van der Waals surface area contributed by atoms with E-state index in [1.807, 2.05) is 36.4 Å². The maximum atomic E-state index is 11.0. The molecule has 17 heavy (non-hydrogen) atoms. The lowest BCUT2D eigenvalue weighted by molar-refractivity contribution is 0.587. The lowest BCUT2D eigenvalue weighted by Crippen LogP contribution is -2.21. The molecule has 0 unspecified atom stereocenters. The molecule has 1 heterocycles. The Hall–Kier alpha value is -1.17. The van der Waals surface area contributed by atoms with Crippen molar-refractivity contribution in [3.63, 3.8) is 0 Å². The minimum atomic E-state index is -3.14. The summed E-state index contributed by atoms with van der Waals surface area (Å²) < 4.78 is 24.5. The van der Waals surface area contributed by atoms with Crippen molar-refractivity contribution in [3.05, 3.63) is 47.3 Å². The van der Waals surface area contributed by atoms with Crippen LogP contribution in [0.2, 0.25) is 0 Å². The first-order valence-corrected chi connectivity index (χ1v) is 7.75.